The summed E-state index contributed by atoms with van der Waals surface area (Å²) in [4.78, 5) is 17.0. The molecule has 1 aliphatic heterocycles. The van der Waals surface area contributed by atoms with Crippen LogP contribution in [-0.4, -0.2) is 56.9 Å². The van der Waals surface area contributed by atoms with Gasteiger partial charge in [-0.3, -0.25) is 14.8 Å². The van der Waals surface area contributed by atoms with Crippen molar-refractivity contribution in [3.05, 3.63) is 11.6 Å². The van der Waals surface area contributed by atoms with Gasteiger partial charge >= 0.3 is 5.97 Å². The van der Waals surface area contributed by atoms with Crippen LogP contribution < -0.4 is 0 Å². The zero-order valence-electron chi connectivity index (χ0n) is 9.88. The molecule has 94 valence electrons. The van der Waals surface area contributed by atoms with Gasteiger partial charge in [-0.2, -0.15) is 5.10 Å². The Hall–Kier alpha value is -1.47. The van der Waals surface area contributed by atoms with Crippen LogP contribution in [-0.2, 0) is 9.53 Å². The fourth-order valence-electron chi connectivity index (χ4n) is 1.84. The van der Waals surface area contributed by atoms with E-state index in [-0.39, 0.29) is 6.10 Å². The van der Waals surface area contributed by atoms with Crippen molar-refractivity contribution in [2.24, 2.45) is 0 Å². The molecule has 1 aromatic rings. The number of hydrogen-bond acceptors (Lipinski definition) is 5. The summed E-state index contributed by atoms with van der Waals surface area (Å²) in [6, 6.07) is -0.513. The van der Waals surface area contributed by atoms with Gasteiger partial charge in [-0.15, -0.1) is 0 Å². The molecule has 2 rings (SSSR count). The highest BCUT2D eigenvalue weighted by Crippen LogP contribution is 2.20. The summed E-state index contributed by atoms with van der Waals surface area (Å²) in [5, 5.41) is 15.8. The van der Waals surface area contributed by atoms with E-state index in [2.05, 4.69) is 15.2 Å². The minimum Gasteiger partial charge on any atom is -0.480 e. The number of hydrogen-bond donors (Lipinski definition) is 2. The number of rotatable bonds is 3. The third-order valence-corrected chi connectivity index (χ3v) is 2.91. The van der Waals surface area contributed by atoms with Crippen molar-refractivity contribution in [3.63, 3.8) is 0 Å². The predicted octanol–water partition coefficient (Wildman–Crippen LogP) is -0.0405. The summed E-state index contributed by atoms with van der Waals surface area (Å²) in [5.74, 6) is 0.494. The van der Waals surface area contributed by atoms with Crippen LogP contribution >= 0.6 is 0 Å². The Morgan fingerprint density at radius 3 is 3.06 bits per heavy atom. The molecule has 0 saturated carbocycles. The van der Waals surface area contributed by atoms with E-state index in [1.54, 1.807) is 6.92 Å². The maximum Gasteiger partial charge on any atom is 0.320 e. The highest BCUT2D eigenvalue weighted by Gasteiger charge is 2.30. The number of aromatic nitrogens is 3. The molecule has 2 N–H and O–H groups in total. The summed E-state index contributed by atoms with van der Waals surface area (Å²) < 4.78 is 5.56. The van der Waals surface area contributed by atoms with Crippen LogP contribution in [0.1, 0.15) is 24.7 Å². The summed E-state index contributed by atoms with van der Waals surface area (Å²) in [5.41, 5.74) is 0. The minimum atomic E-state index is -0.822. The number of aromatic amines is 1. The van der Waals surface area contributed by atoms with E-state index >= 15 is 0 Å². The van der Waals surface area contributed by atoms with Gasteiger partial charge in [-0.1, -0.05) is 0 Å². The third-order valence-electron chi connectivity index (χ3n) is 2.91. The van der Waals surface area contributed by atoms with Gasteiger partial charge in [-0.05, 0) is 13.8 Å². The van der Waals surface area contributed by atoms with E-state index in [0.717, 1.165) is 5.82 Å². The molecule has 1 saturated heterocycles. The molecule has 7 heteroatoms. The highest BCUT2D eigenvalue weighted by molar-refractivity contribution is 5.72. The van der Waals surface area contributed by atoms with Gasteiger partial charge in [0.2, 0.25) is 0 Å². The number of nitrogens with one attached hydrogen (secondary N) is 1. The molecule has 0 amide bonds. The normalized spacial score (nSPS) is 23.5. The molecule has 1 aromatic heterocycles. The van der Waals surface area contributed by atoms with E-state index in [0.29, 0.717) is 25.5 Å². The summed E-state index contributed by atoms with van der Waals surface area (Å²) in [6.07, 6.45) is -0.254. The molecule has 7 nitrogen and oxygen atoms in total. The van der Waals surface area contributed by atoms with Crippen molar-refractivity contribution in [2.45, 2.75) is 26.0 Å². The highest BCUT2D eigenvalue weighted by atomic mass is 16.5. The monoisotopic (exact) mass is 240 g/mol. The zero-order valence-corrected chi connectivity index (χ0v) is 9.88. The SMILES string of the molecule is Cc1nc([C@@H]2CN([C@@H](C)C(=O)O)CCO2)n[nH]1. The number of morpholine rings is 1. The van der Waals surface area contributed by atoms with Crippen molar-refractivity contribution in [1.29, 1.82) is 0 Å². The van der Waals surface area contributed by atoms with Crippen molar-refractivity contribution < 1.29 is 14.6 Å². The minimum absolute atomic E-state index is 0.254. The fraction of sp³-hybridized carbons (Fsp3) is 0.700. The molecule has 0 unspecified atom stereocenters. The topological polar surface area (TPSA) is 91.3 Å². The molecule has 0 aliphatic carbocycles. The zero-order chi connectivity index (χ0) is 12.4. The lowest BCUT2D eigenvalue weighted by Crippen LogP contribution is -2.47. The molecule has 2 heterocycles. The number of carboxylic acid groups (broad SMARTS) is 1. The van der Waals surface area contributed by atoms with Crippen LogP contribution in [0.4, 0.5) is 0 Å². The van der Waals surface area contributed by atoms with E-state index in [1.165, 1.54) is 0 Å². The van der Waals surface area contributed by atoms with Gasteiger partial charge in [0.05, 0.1) is 6.61 Å². The average Bonchev–Trinajstić information content (AvgIpc) is 2.75. The lowest BCUT2D eigenvalue weighted by atomic mass is 10.2. The molecule has 1 fully saturated rings. The fourth-order valence-corrected chi connectivity index (χ4v) is 1.84. The van der Waals surface area contributed by atoms with Crippen LogP contribution in [0.25, 0.3) is 0 Å². The average molecular weight is 240 g/mol. The molecule has 1 aliphatic rings. The molecule has 17 heavy (non-hydrogen) atoms. The molecule has 0 radical (unpaired) electrons. The van der Waals surface area contributed by atoms with Crippen LogP contribution in [0.15, 0.2) is 0 Å². The molecule has 0 aromatic carbocycles. The van der Waals surface area contributed by atoms with E-state index in [9.17, 15) is 4.79 Å². The first-order chi connectivity index (χ1) is 8.08. The molecule has 2 atom stereocenters. The number of aryl methyl sites for hydroxylation is 1. The van der Waals surface area contributed by atoms with Gasteiger partial charge in [0.1, 0.15) is 18.0 Å². The predicted molar refractivity (Wildman–Crippen MR) is 58.5 cm³/mol. The second-order valence-corrected chi connectivity index (χ2v) is 4.15. The summed E-state index contributed by atoms with van der Waals surface area (Å²) in [7, 11) is 0. The smallest absolute Gasteiger partial charge is 0.320 e. The van der Waals surface area contributed by atoms with Crippen molar-refractivity contribution in [2.75, 3.05) is 19.7 Å². The molecular formula is C10H16N4O3. The Morgan fingerprint density at radius 1 is 1.71 bits per heavy atom. The standard InChI is InChI=1S/C10H16N4O3/c1-6(10(15)16)14-3-4-17-8(5-14)9-11-7(2)12-13-9/h6,8H,3-5H2,1-2H3,(H,15,16)(H,11,12,13)/t6-,8-/m0/s1. The van der Waals surface area contributed by atoms with Crippen LogP contribution in [0, 0.1) is 6.92 Å². The number of aliphatic carboxylic acids is 1. The van der Waals surface area contributed by atoms with Crippen LogP contribution in [0.3, 0.4) is 0 Å². The first-order valence-corrected chi connectivity index (χ1v) is 5.55. The number of carbonyl (C=O) groups is 1. The molecule has 0 spiro atoms. The van der Waals surface area contributed by atoms with Gasteiger partial charge in [0.15, 0.2) is 5.82 Å². The largest absolute Gasteiger partial charge is 0.480 e. The Morgan fingerprint density at radius 2 is 2.47 bits per heavy atom. The number of H-pyrrole nitrogens is 1. The lowest BCUT2D eigenvalue weighted by Gasteiger charge is -2.33. The second-order valence-electron chi connectivity index (χ2n) is 4.15. The number of carboxylic acids is 1. The van der Waals surface area contributed by atoms with Crippen LogP contribution in [0.2, 0.25) is 0 Å². The first-order valence-electron chi connectivity index (χ1n) is 5.55. The maximum absolute atomic E-state index is 10.9. The maximum atomic E-state index is 10.9. The van der Waals surface area contributed by atoms with Gasteiger partial charge in [0, 0.05) is 13.1 Å². The van der Waals surface area contributed by atoms with Gasteiger partial charge in [0.25, 0.3) is 0 Å². The van der Waals surface area contributed by atoms with Gasteiger partial charge < -0.3 is 9.84 Å². The quantitative estimate of drug-likeness (QED) is 0.770. The lowest BCUT2D eigenvalue weighted by molar-refractivity contribution is -0.146. The Balaban J connectivity index is 2.04. The first kappa shape index (κ1) is 12.0. The Kier molecular flexibility index (Phi) is 3.39. The number of nitrogens with zero attached hydrogens (tertiary/aromatic N) is 3. The summed E-state index contributed by atoms with van der Waals surface area (Å²) in [6.45, 7) is 5.11. The summed E-state index contributed by atoms with van der Waals surface area (Å²) >= 11 is 0. The Bertz CT molecular complexity index is 406. The van der Waals surface area contributed by atoms with E-state index < -0.39 is 12.0 Å². The van der Waals surface area contributed by atoms with E-state index in [4.69, 9.17) is 9.84 Å². The van der Waals surface area contributed by atoms with E-state index in [1.807, 2.05) is 11.8 Å². The third kappa shape index (κ3) is 2.62. The Labute approximate surface area is 98.8 Å². The molecular weight excluding hydrogens is 224 g/mol. The van der Waals surface area contributed by atoms with Crippen molar-refractivity contribution in [3.8, 4) is 0 Å². The van der Waals surface area contributed by atoms with Crippen molar-refractivity contribution >= 4 is 5.97 Å². The van der Waals surface area contributed by atoms with Gasteiger partial charge in [-0.25, -0.2) is 4.98 Å². The number of ether oxygens (including phenoxy) is 1. The van der Waals surface area contributed by atoms with Crippen LogP contribution in [0.5, 0.6) is 0 Å². The van der Waals surface area contributed by atoms with Crippen molar-refractivity contribution in [1.82, 2.24) is 20.1 Å². The second kappa shape index (κ2) is 4.80. The molecule has 0 bridgehead atoms.